The van der Waals surface area contributed by atoms with Gasteiger partial charge in [0.25, 0.3) is 0 Å². The van der Waals surface area contributed by atoms with Gasteiger partial charge >= 0.3 is 5.97 Å². The Morgan fingerprint density at radius 3 is 3.00 bits per heavy atom. The van der Waals surface area contributed by atoms with Gasteiger partial charge in [0.05, 0.1) is 6.20 Å². The zero-order valence-corrected chi connectivity index (χ0v) is 8.65. The number of aromatic nitrogens is 3. The Bertz CT molecular complexity index is 490. The molecule has 0 bridgehead atoms. The zero-order chi connectivity index (χ0) is 10.8. The van der Waals surface area contributed by atoms with Crippen molar-refractivity contribution in [3.63, 3.8) is 0 Å². The molecule has 0 saturated carbocycles. The molecule has 6 nitrogen and oxygen atoms in total. The normalized spacial score (nSPS) is 10.2. The average Bonchev–Trinajstić information content (AvgIpc) is 2.76. The van der Waals surface area contributed by atoms with E-state index in [1.807, 2.05) is 0 Å². The van der Waals surface area contributed by atoms with Crippen LogP contribution in [0.1, 0.15) is 9.67 Å². The van der Waals surface area contributed by atoms with Gasteiger partial charge in [0, 0.05) is 19.3 Å². The number of carboxylic acids is 1. The van der Waals surface area contributed by atoms with Gasteiger partial charge in [-0.1, -0.05) is 11.3 Å². The summed E-state index contributed by atoms with van der Waals surface area (Å²) in [4.78, 5) is 14.7. The molecule has 0 unspecified atom stereocenters. The molecule has 2 N–H and O–H groups in total. The molecule has 0 fully saturated rings. The first-order valence-corrected chi connectivity index (χ1v) is 4.92. The molecule has 2 aromatic rings. The number of hydrogen-bond acceptors (Lipinski definition) is 5. The molecule has 2 rings (SSSR count). The van der Waals surface area contributed by atoms with Crippen molar-refractivity contribution in [1.82, 2.24) is 14.8 Å². The Kier molecular flexibility index (Phi) is 2.38. The van der Waals surface area contributed by atoms with Gasteiger partial charge in [-0.15, -0.1) is 0 Å². The van der Waals surface area contributed by atoms with Gasteiger partial charge in [-0.05, 0) is 0 Å². The van der Waals surface area contributed by atoms with Crippen LogP contribution in [0.5, 0.6) is 0 Å². The Balaban J connectivity index is 2.14. The number of rotatable bonds is 3. The highest BCUT2D eigenvalue weighted by atomic mass is 32.1. The van der Waals surface area contributed by atoms with Crippen molar-refractivity contribution >= 4 is 28.3 Å². The Hall–Kier alpha value is -1.89. The molecule has 0 saturated heterocycles. The molecule has 7 heteroatoms. The maximum atomic E-state index is 10.6. The van der Waals surface area contributed by atoms with Gasteiger partial charge in [0.2, 0.25) is 0 Å². The van der Waals surface area contributed by atoms with Gasteiger partial charge in [-0.25, -0.2) is 9.78 Å². The van der Waals surface area contributed by atoms with Crippen LogP contribution in [0.25, 0.3) is 0 Å². The highest BCUT2D eigenvalue weighted by Crippen LogP contribution is 2.21. The predicted octanol–water partition coefficient (Wildman–Crippen LogP) is 1.32. The molecule has 0 amide bonds. The van der Waals surface area contributed by atoms with Crippen molar-refractivity contribution in [1.29, 1.82) is 0 Å². The smallest absolute Gasteiger partial charge is 0.347 e. The van der Waals surface area contributed by atoms with E-state index in [-0.39, 0.29) is 4.88 Å². The minimum absolute atomic E-state index is 0.202. The minimum atomic E-state index is -0.971. The minimum Gasteiger partial charge on any atom is -0.477 e. The van der Waals surface area contributed by atoms with E-state index in [9.17, 15) is 4.79 Å². The zero-order valence-electron chi connectivity index (χ0n) is 7.84. The SMILES string of the molecule is Cn1ccc(Nc2ncc(C(=O)O)s2)n1. The number of anilines is 2. The van der Waals surface area contributed by atoms with Gasteiger partial charge in [-0.3, -0.25) is 4.68 Å². The van der Waals surface area contributed by atoms with E-state index in [1.165, 1.54) is 6.20 Å². The van der Waals surface area contributed by atoms with Crippen molar-refractivity contribution in [3.05, 3.63) is 23.3 Å². The second-order valence-corrected chi connectivity index (χ2v) is 3.87. The van der Waals surface area contributed by atoms with Crippen LogP contribution in [0, 0.1) is 0 Å². The van der Waals surface area contributed by atoms with E-state index in [0.717, 1.165) is 11.3 Å². The lowest BCUT2D eigenvalue weighted by Gasteiger charge is -1.94. The third kappa shape index (κ3) is 2.13. The van der Waals surface area contributed by atoms with E-state index >= 15 is 0 Å². The molecule has 0 aliphatic carbocycles. The third-order valence-electron chi connectivity index (χ3n) is 1.67. The lowest BCUT2D eigenvalue weighted by molar-refractivity contribution is 0.0702. The van der Waals surface area contributed by atoms with Crippen LogP contribution in [0.3, 0.4) is 0 Å². The Morgan fingerprint density at radius 2 is 2.47 bits per heavy atom. The summed E-state index contributed by atoms with van der Waals surface area (Å²) >= 11 is 1.07. The summed E-state index contributed by atoms with van der Waals surface area (Å²) in [6.07, 6.45) is 3.10. The number of carboxylic acid groups (broad SMARTS) is 1. The molecule has 0 aromatic carbocycles. The second kappa shape index (κ2) is 3.70. The van der Waals surface area contributed by atoms with Crippen LogP contribution >= 0.6 is 11.3 Å². The van der Waals surface area contributed by atoms with Crippen LogP contribution in [0.4, 0.5) is 10.9 Å². The maximum absolute atomic E-state index is 10.6. The highest BCUT2D eigenvalue weighted by Gasteiger charge is 2.08. The van der Waals surface area contributed by atoms with Gasteiger partial charge in [0.1, 0.15) is 4.88 Å². The standard InChI is InChI=1S/C8H8N4O2S/c1-12-3-2-6(11-12)10-8-9-4-5(15-8)7(13)14/h2-4H,1H3,(H,13,14)(H,9,10,11). The van der Waals surface area contributed by atoms with E-state index in [4.69, 9.17) is 5.11 Å². The van der Waals surface area contributed by atoms with Crippen LogP contribution in [-0.2, 0) is 7.05 Å². The fourth-order valence-electron chi connectivity index (χ4n) is 1.02. The van der Waals surface area contributed by atoms with Crippen LogP contribution in [-0.4, -0.2) is 25.8 Å². The van der Waals surface area contributed by atoms with Crippen molar-refractivity contribution in [2.24, 2.45) is 7.05 Å². The Labute approximate surface area is 89.2 Å². The molecule has 0 atom stereocenters. The first-order chi connectivity index (χ1) is 7.15. The molecule has 2 aromatic heterocycles. The van der Waals surface area contributed by atoms with E-state index in [0.29, 0.717) is 10.9 Å². The fraction of sp³-hybridized carbons (Fsp3) is 0.125. The first-order valence-electron chi connectivity index (χ1n) is 4.11. The first kappa shape index (κ1) is 9.66. The molecule has 2 heterocycles. The number of aryl methyl sites for hydroxylation is 1. The topological polar surface area (TPSA) is 80.0 Å². The lowest BCUT2D eigenvalue weighted by Crippen LogP contribution is -1.92. The summed E-state index contributed by atoms with van der Waals surface area (Å²) in [5.41, 5.74) is 0. The number of aromatic carboxylic acids is 1. The molecule has 0 aliphatic heterocycles. The molecule has 0 radical (unpaired) electrons. The number of thiazole rings is 1. The van der Waals surface area contributed by atoms with Gasteiger partial charge < -0.3 is 10.4 Å². The number of carbonyl (C=O) groups is 1. The molecule has 0 aliphatic rings. The third-order valence-corrected chi connectivity index (χ3v) is 2.57. The largest absolute Gasteiger partial charge is 0.477 e. The fourth-order valence-corrected chi connectivity index (χ4v) is 1.68. The average molecular weight is 224 g/mol. The Morgan fingerprint density at radius 1 is 1.67 bits per heavy atom. The summed E-state index contributed by atoms with van der Waals surface area (Å²) in [7, 11) is 1.80. The number of hydrogen-bond donors (Lipinski definition) is 2. The van der Waals surface area contributed by atoms with Gasteiger partial charge in [0.15, 0.2) is 10.9 Å². The summed E-state index contributed by atoms with van der Waals surface area (Å²) in [5, 5.41) is 16.2. The molecule has 78 valence electrons. The molecular formula is C8H8N4O2S. The molecule has 15 heavy (non-hydrogen) atoms. The predicted molar refractivity (Wildman–Crippen MR) is 55.6 cm³/mol. The summed E-state index contributed by atoms with van der Waals surface area (Å²) in [6.45, 7) is 0. The maximum Gasteiger partial charge on any atom is 0.347 e. The van der Waals surface area contributed by atoms with E-state index < -0.39 is 5.97 Å². The van der Waals surface area contributed by atoms with Crippen molar-refractivity contribution in [2.45, 2.75) is 0 Å². The number of nitrogens with zero attached hydrogens (tertiary/aromatic N) is 3. The van der Waals surface area contributed by atoms with Crippen LogP contribution in [0.15, 0.2) is 18.5 Å². The van der Waals surface area contributed by atoms with Crippen LogP contribution in [0.2, 0.25) is 0 Å². The van der Waals surface area contributed by atoms with E-state index in [2.05, 4.69) is 15.4 Å². The van der Waals surface area contributed by atoms with Gasteiger partial charge in [-0.2, -0.15) is 5.10 Å². The van der Waals surface area contributed by atoms with Crippen LogP contribution < -0.4 is 5.32 Å². The van der Waals surface area contributed by atoms with E-state index in [1.54, 1.807) is 24.0 Å². The van der Waals surface area contributed by atoms with Crippen molar-refractivity contribution in [2.75, 3.05) is 5.32 Å². The monoisotopic (exact) mass is 224 g/mol. The van der Waals surface area contributed by atoms with Crippen molar-refractivity contribution in [3.8, 4) is 0 Å². The quantitative estimate of drug-likeness (QED) is 0.821. The lowest BCUT2D eigenvalue weighted by atomic mass is 10.6. The summed E-state index contributed by atoms with van der Waals surface area (Å²) in [5.74, 6) is -0.328. The summed E-state index contributed by atoms with van der Waals surface area (Å²) < 4.78 is 1.65. The number of nitrogens with one attached hydrogen (secondary N) is 1. The molecule has 0 spiro atoms. The molecular weight excluding hydrogens is 216 g/mol. The van der Waals surface area contributed by atoms with Crippen molar-refractivity contribution < 1.29 is 9.90 Å². The second-order valence-electron chi connectivity index (χ2n) is 2.83. The highest BCUT2D eigenvalue weighted by molar-refractivity contribution is 7.17. The summed E-state index contributed by atoms with van der Waals surface area (Å²) in [6, 6.07) is 1.78.